The summed E-state index contributed by atoms with van der Waals surface area (Å²) in [6.45, 7) is 0. The third kappa shape index (κ3) is 2.18. The van der Waals surface area contributed by atoms with Crippen LogP contribution in [0.3, 0.4) is 0 Å². The van der Waals surface area contributed by atoms with Crippen molar-refractivity contribution in [2.45, 2.75) is 11.3 Å². The molecule has 22 heavy (non-hydrogen) atoms. The SMILES string of the molecule is NC1(N)C=CC(C(=O)c2ccccc2)=CC1([N+](=O)[O-])[N+](=O)[O-]. The Morgan fingerprint density at radius 1 is 1.05 bits per heavy atom. The highest BCUT2D eigenvalue weighted by Crippen LogP contribution is 2.30. The predicted octanol–water partition coefficient (Wildman–Crippen LogP) is 0.229. The summed E-state index contributed by atoms with van der Waals surface area (Å²) in [5.74, 6) is -0.597. The number of nitro groups is 2. The molecule has 0 unspecified atom stereocenters. The maximum atomic E-state index is 12.3. The van der Waals surface area contributed by atoms with Crippen molar-refractivity contribution >= 4 is 5.78 Å². The standard InChI is InChI=1S/C13H12N4O5/c14-12(15)7-6-10(8-13(12,16(19)20)17(21)22)11(18)9-4-2-1-3-5-9/h1-8H,14-15H2. The molecule has 9 nitrogen and oxygen atoms in total. The van der Waals surface area contributed by atoms with Gasteiger partial charge in [0.1, 0.15) is 9.85 Å². The van der Waals surface area contributed by atoms with Gasteiger partial charge < -0.3 is 0 Å². The van der Waals surface area contributed by atoms with Crippen LogP contribution in [0.15, 0.2) is 54.1 Å². The van der Waals surface area contributed by atoms with Gasteiger partial charge >= 0.3 is 5.66 Å². The molecule has 2 rings (SSSR count). The fourth-order valence-electron chi connectivity index (χ4n) is 2.13. The number of hydrogen-bond donors (Lipinski definition) is 2. The second-order valence-electron chi connectivity index (χ2n) is 4.80. The zero-order valence-corrected chi connectivity index (χ0v) is 11.2. The first-order chi connectivity index (χ1) is 10.2. The van der Waals surface area contributed by atoms with Gasteiger partial charge in [0, 0.05) is 11.1 Å². The maximum absolute atomic E-state index is 12.3. The van der Waals surface area contributed by atoms with Crippen LogP contribution in [0.2, 0.25) is 0 Å². The number of nitrogens with zero attached hydrogens (tertiary/aromatic N) is 2. The Balaban J connectivity index is 2.58. The molecule has 0 amide bonds. The van der Waals surface area contributed by atoms with Crippen molar-refractivity contribution in [3.63, 3.8) is 0 Å². The lowest BCUT2D eigenvalue weighted by molar-refractivity contribution is -0.789. The molecular formula is C13H12N4O5. The van der Waals surface area contributed by atoms with Crippen molar-refractivity contribution in [2.24, 2.45) is 11.5 Å². The first kappa shape index (κ1) is 15.5. The minimum Gasteiger partial charge on any atom is -0.297 e. The fraction of sp³-hybridized carbons (Fsp3) is 0.154. The minimum atomic E-state index is -3.01. The molecule has 0 saturated carbocycles. The van der Waals surface area contributed by atoms with Crippen LogP contribution in [0.25, 0.3) is 0 Å². The lowest BCUT2D eigenvalue weighted by atomic mass is 9.85. The lowest BCUT2D eigenvalue weighted by Gasteiger charge is -2.29. The summed E-state index contributed by atoms with van der Waals surface area (Å²) < 4.78 is 0. The van der Waals surface area contributed by atoms with Crippen molar-refractivity contribution in [2.75, 3.05) is 0 Å². The lowest BCUT2D eigenvalue weighted by Crippen LogP contribution is -2.72. The highest BCUT2D eigenvalue weighted by molar-refractivity contribution is 6.10. The van der Waals surface area contributed by atoms with E-state index in [2.05, 4.69) is 0 Å². The largest absolute Gasteiger partial charge is 0.511 e. The number of allylic oxidation sites excluding steroid dienone is 2. The van der Waals surface area contributed by atoms with E-state index in [9.17, 15) is 25.0 Å². The van der Waals surface area contributed by atoms with Gasteiger partial charge in [0.05, 0.1) is 6.08 Å². The molecule has 0 saturated heterocycles. The zero-order valence-electron chi connectivity index (χ0n) is 11.2. The smallest absolute Gasteiger partial charge is 0.297 e. The molecule has 1 aromatic rings. The Labute approximate surface area is 124 Å². The number of carbonyl (C=O) groups excluding carboxylic acids is 1. The number of carbonyl (C=O) groups is 1. The van der Waals surface area contributed by atoms with Gasteiger partial charge in [-0.05, 0) is 6.08 Å². The Kier molecular flexibility index (Phi) is 3.61. The molecule has 0 radical (unpaired) electrons. The summed E-state index contributed by atoms with van der Waals surface area (Å²) in [6.07, 6.45) is 2.65. The Morgan fingerprint density at radius 3 is 2.09 bits per heavy atom. The van der Waals surface area contributed by atoms with Gasteiger partial charge in [-0.25, -0.2) is 0 Å². The van der Waals surface area contributed by atoms with Crippen molar-refractivity contribution in [3.8, 4) is 0 Å². The molecule has 0 atom stereocenters. The topological polar surface area (TPSA) is 155 Å². The second kappa shape index (κ2) is 5.13. The molecular weight excluding hydrogens is 292 g/mol. The Hall–Kier alpha value is -2.91. The molecule has 0 aromatic heterocycles. The molecule has 0 bridgehead atoms. The predicted molar refractivity (Wildman–Crippen MR) is 75.8 cm³/mol. The Morgan fingerprint density at radius 2 is 1.59 bits per heavy atom. The second-order valence-corrected chi connectivity index (χ2v) is 4.80. The molecule has 9 heteroatoms. The summed E-state index contributed by atoms with van der Waals surface area (Å²) in [4.78, 5) is 32.4. The van der Waals surface area contributed by atoms with Crippen LogP contribution in [0.1, 0.15) is 10.4 Å². The van der Waals surface area contributed by atoms with Crippen LogP contribution < -0.4 is 11.5 Å². The maximum Gasteiger partial charge on any atom is 0.511 e. The van der Waals surface area contributed by atoms with Crippen molar-refractivity contribution < 1.29 is 14.6 Å². The van der Waals surface area contributed by atoms with Gasteiger partial charge in [-0.15, -0.1) is 0 Å². The molecule has 114 valence electrons. The van der Waals surface area contributed by atoms with Crippen LogP contribution in [0.5, 0.6) is 0 Å². The first-order valence-corrected chi connectivity index (χ1v) is 6.11. The average molecular weight is 304 g/mol. The number of rotatable bonds is 4. The van der Waals surface area contributed by atoms with E-state index < -0.39 is 27.0 Å². The van der Waals surface area contributed by atoms with Gasteiger partial charge in [-0.1, -0.05) is 36.4 Å². The number of benzene rings is 1. The zero-order chi connectivity index (χ0) is 16.5. The van der Waals surface area contributed by atoms with Crippen molar-refractivity contribution in [1.29, 1.82) is 0 Å². The highest BCUT2D eigenvalue weighted by atomic mass is 16.7. The van der Waals surface area contributed by atoms with Crippen LogP contribution in [0.4, 0.5) is 0 Å². The molecule has 1 aromatic carbocycles. The van der Waals surface area contributed by atoms with E-state index >= 15 is 0 Å². The minimum absolute atomic E-state index is 0.217. The molecule has 0 fully saturated rings. The number of Topliss-reactive ketones (excluding diaryl/α,β-unsaturated/α-hetero) is 1. The van der Waals surface area contributed by atoms with E-state index in [1.54, 1.807) is 18.2 Å². The summed E-state index contributed by atoms with van der Waals surface area (Å²) in [6, 6.07) is 7.87. The Bertz CT molecular complexity index is 694. The van der Waals surface area contributed by atoms with Crippen LogP contribution in [-0.2, 0) is 0 Å². The average Bonchev–Trinajstić information content (AvgIpc) is 2.46. The number of ketones is 1. The van der Waals surface area contributed by atoms with Gasteiger partial charge in [0.2, 0.25) is 5.66 Å². The number of hydrogen-bond acceptors (Lipinski definition) is 7. The molecule has 0 spiro atoms. The monoisotopic (exact) mass is 304 g/mol. The summed E-state index contributed by atoms with van der Waals surface area (Å²) >= 11 is 0. The van der Waals surface area contributed by atoms with E-state index in [0.717, 1.165) is 12.2 Å². The van der Waals surface area contributed by atoms with Gasteiger partial charge in [-0.2, -0.15) is 0 Å². The van der Waals surface area contributed by atoms with E-state index in [1.807, 2.05) is 0 Å². The summed E-state index contributed by atoms with van der Waals surface area (Å²) in [7, 11) is 0. The first-order valence-electron chi connectivity index (χ1n) is 6.11. The van der Waals surface area contributed by atoms with Gasteiger partial charge in [0.25, 0.3) is 0 Å². The molecule has 0 heterocycles. The van der Waals surface area contributed by atoms with Crippen molar-refractivity contribution in [3.05, 3.63) is 79.9 Å². The molecule has 1 aliphatic carbocycles. The van der Waals surface area contributed by atoms with E-state index in [-0.39, 0.29) is 11.1 Å². The van der Waals surface area contributed by atoms with E-state index in [4.69, 9.17) is 11.5 Å². The number of nitrogens with two attached hydrogens (primary N) is 2. The molecule has 0 aliphatic heterocycles. The highest BCUT2D eigenvalue weighted by Gasteiger charge is 2.68. The summed E-state index contributed by atoms with van der Waals surface area (Å²) in [5.41, 5.74) is 5.67. The van der Waals surface area contributed by atoms with Crippen LogP contribution in [-0.4, -0.2) is 27.0 Å². The van der Waals surface area contributed by atoms with Gasteiger partial charge in [-0.3, -0.25) is 36.5 Å². The quantitative estimate of drug-likeness (QED) is 0.349. The van der Waals surface area contributed by atoms with Gasteiger partial charge in [0.15, 0.2) is 5.78 Å². The third-order valence-electron chi connectivity index (χ3n) is 3.39. The fourth-order valence-corrected chi connectivity index (χ4v) is 2.13. The van der Waals surface area contributed by atoms with E-state index in [0.29, 0.717) is 6.08 Å². The van der Waals surface area contributed by atoms with Crippen molar-refractivity contribution in [1.82, 2.24) is 0 Å². The van der Waals surface area contributed by atoms with Crippen LogP contribution in [0, 0.1) is 20.2 Å². The third-order valence-corrected chi connectivity index (χ3v) is 3.39. The molecule has 4 N–H and O–H groups in total. The van der Waals surface area contributed by atoms with E-state index in [1.165, 1.54) is 12.1 Å². The summed E-state index contributed by atoms with van der Waals surface area (Å²) in [5, 5.41) is 22.5. The molecule has 1 aliphatic rings. The van der Waals surface area contributed by atoms with Crippen LogP contribution >= 0.6 is 0 Å². The normalized spacial score (nSPS) is 18.4.